The van der Waals surface area contributed by atoms with Crippen molar-refractivity contribution in [1.29, 1.82) is 0 Å². The van der Waals surface area contributed by atoms with Gasteiger partial charge in [0.2, 0.25) is 0 Å². The minimum atomic E-state index is 0.135. The lowest BCUT2D eigenvalue weighted by Crippen LogP contribution is -2.55. The largest absolute Gasteiger partial charge is 0.394 e. The average Bonchev–Trinajstić information content (AvgIpc) is 1.91. The van der Waals surface area contributed by atoms with Crippen molar-refractivity contribution in [2.45, 2.75) is 44.1 Å². The Kier molecular flexibility index (Phi) is 2.37. The zero-order valence-corrected chi connectivity index (χ0v) is 7.68. The summed E-state index contributed by atoms with van der Waals surface area (Å²) in [5, 5.41) is 12.7. The Morgan fingerprint density at radius 3 is 2.33 bits per heavy atom. The van der Waals surface area contributed by atoms with Crippen molar-refractivity contribution in [2.24, 2.45) is 5.92 Å². The van der Waals surface area contributed by atoms with Crippen LogP contribution in [0.2, 0.25) is 0 Å². The second kappa shape index (κ2) is 3.35. The molecule has 0 aromatic rings. The summed E-state index contributed by atoms with van der Waals surface area (Å²) in [6.07, 6.45) is 7.85. The van der Waals surface area contributed by atoms with Crippen molar-refractivity contribution in [3.8, 4) is 0 Å². The van der Waals surface area contributed by atoms with Gasteiger partial charge in [0.15, 0.2) is 0 Å². The van der Waals surface area contributed by atoms with Crippen LogP contribution in [0.4, 0.5) is 0 Å². The van der Waals surface area contributed by atoms with Crippen LogP contribution in [0.1, 0.15) is 38.5 Å². The van der Waals surface area contributed by atoms with E-state index in [9.17, 15) is 5.11 Å². The first-order valence-electron chi connectivity index (χ1n) is 5.21. The molecule has 2 aliphatic carbocycles. The molecular formula is C10H19NO. The predicted molar refractivity (Wildman–Crippen MR) is 49.0 cm³/mol. The van der Waals surface area contributed by atoms with E-state index in [2.05, 4.69) is 5.32 Å². The summed E-state index contributed by atoms with van der Waals surface area (Å²) in [4.78, 5) is 0. The van der Waals surface area contributed by atoms with Gasteiger partial charge in [-0.05, 0) is 44.6 Å². The molecule has 2 rings (SSSR count). The van der Waals surface area contributed by atoms with Gasteiger partial charge in [0.25, 0.3) is 0 Å². The summed E-state index contributed by atoms with van der Waals surface area (Å²) in [5.41, 5.74) is 0.135. The van der Waals surface area contributed by atoms with Gasteiger partial charge in [-0.1, -0.05) is 6.42 Å². The minimum Gasteiger partial charge on any atom is -0.394 e. The molecule has 0 heterocycles. The first-order valence-corrected chi connectivity index (χ1v) is 5.21. The monoisotopic (exact) mass is 169 g/mol. The molecule has 2 aliphatic rings. The Labute approximate surface area is 74.4 Å². The average molecular weight is 169 g/mol. The highest BCUT2D eigenvalue weighted by Gasteiger charge is 2.36. The van der Waals surface area contributed by atoms with Crippen LogP contribution in [0.15, 0.2) is 0 Å². The second-order valence-corrected chi connectivity index (χ2v) is 4.47. The summed E-state index contributed by atoms with van der Waals surface area (Å²) in [6.45, 7) is 1.47. The van der Waals surface area contributed by atoms with Crippen molar-refractivity contribution >= 4 is 0 Å². The highest BCUT2D eigenvalue weighted by atomic mass is 16.3. The number of hydrogen-bond donors (Lipinski definition) is 2. The van der Waals surface area contributed by atoms with Crippen LogP contribution in [0.5, 0.6) is 0 Å². The van der Waals surface area contributed by atoms with Crippen molar-refractivity contribution in [3.05, 3.63) is 0 Å². The predicted octanol–water partition coefficient (Wildman–Crippen LogP) is 1.29. The fraction of sp³-hybridized carbons (Fsp3) is 1.00. The van der Waals surface area contributed by atoms with Crippen LogP contribution in [-0.4, -0.2) is 23.8 Å². The molecule has 0 bridgehead atoms. The van der Waals surface area contributed by atoms with Crippen LogP contribution >= 0.6 is 0 Å². The van der Waals surface area contributed by atoms with Crippen LogP contribution in [0, 0.1) is 5.92 Å². The van der Waals surface area contributed by atoms with E-state index in [1.54, 1.807) is 0 Å². The SMILES string of the molecule is OCC1(NCC2CCC2)CCC1. The van der Waals surface area contributed by atoms with Crippen molar-refractivity contribution in [2.75, 3.05) is 13.2 Å². The van der Waals surface area contributed by atoms with E-state index >= 15 is 0 Å². The third-order valence-electron chi connectivity index (χ3n) is 3.60. The quantitative estimate of drug-likeness (QED) is 0.664. The molecular weight excluding hydrogens is 150 g/mol. The molecule has 0 aromatic heterocycles. The molecule has 2 saturated carbocycles. The lowest BCUT2D eigenvalue weighted by Gasteiger charge is -2.43. The molecule has 0 unspecified atom stereocenters. The van der Waals surface area contributed by atoms with E-state index < -0.39 is 0 Å². The summed E-state index contributed by atoms with van der Waals surface area (Å²) in [7, 11) is 0. The molecule has 0 amide bonds. The Morgan fingerprint density at radius 2 is 2.00 bits per heavy atom. The normalized spacial score (nSPS) is 27.8. The molecule has 0 radical (unpaired) electrons. The maximum Gasteiger partial charge on any atom is 0.0613 e. The van der Waals surface area contributed by atoms with E-state index in [1.165, 1.54) is 38.5 Å². The Hall–Kier alpha value is -0.0800. The maximum absolute atomic E-state index is 9.18. The minimum absolute atomic E-state index is 0.135. The lowest BCUT2D eigenvalue weighted by atomic mass is 9.76. The van der Waals surface area contributed by atoms with E-state index in [-0.39, 0.29) is 5.54 Å². The summed E-state index contributed by atoms with van der Waals surface area (Å²) < 4.78 is 0. The summed E-state index contributed by atoms with van der Waals surface area (Å²) >= 11 is 0. The number of rotatable bonds is 4. The first kappa shape index (κ1) is 8.52. The Morgan fingerprint density at radius 1 is 1.25 bits per heavy atom. The molecule has 0 atom stereocenters. The molecule has 0 spiro atoms. The highest BCUT2D eigenvalue weighted by Crippen LogP contribution is 2.33. The molecule has 0 aliphatic heterocycles. The molecule has 2 N–H and O–H groups in total. The Balaban J connectivity index is 1.69. The zero-order valence-electron chi connectivity index (χ0n) is 7.68. The van der Waals surface area contributed by atoms with Gasteiger partial charge < -0.3 is 10.4 Å². The third kappa shape index (κ3) is 1.50. The number of aliphatic hydroxyl groups excluding tert-OH is 1. The lowest BCUT2D eigenvalue weighted by molar-refractivity contribution is 0.0791. The fourth-order valence-electron chi connectivity index (χ4n) is 2.05. The number of aliphatic hydroxyl groups is 1. The topological polar surface area (TPSA) is 32.3 Å². The van der Waals surface area contributed by atoms with Crippen LogP contribution in [0.25, 0.3) is 0 Å². The maximum atomic E-state index is 9.18. The van der Waals surface area contributed by atoms with Gasteiger partial charge in [-0.3, -0.25) is 0 Å². The second-order valence-electron chi connectivity index (χ2n) is 4.47. The highest BCUT2D eigenvalue weighted by molar-refractivity contribution is 4.96. The van der Waals surface area contributed by atoms with Crippen molar-refractivity contribution < 1.29 is 5.11 Å². The van der Waals surface area contributed by atoms with Gasteiger partial charge >= 0.3 is 0 Å². The molecule has 70 valence electrons. The van der Waals surface area contributed by atoms with Crippen LogP contribution < -0.4 is 5.32 Å². The summed E-state index contributed by atoms with van der Waals surface area (Å²) in [6, 6.07) is 0. The van der Waals surface area contributed by atoms with Crippen LogP contribution in [0.3, 0.4) is 0 Å². The molecule has 0 saturated heterocycles. The van der Waals surface area contributed by atoms with Gasteiger partial charge in [0.1, 0.15) is 0 Å². The first-order chi connectivity index (χ1) is 5.85. The molecule has 2 heteroatoms. The van der Waals surface area contributed by atoms with Gasteiger partial charge in [-0.25, -0.2) is 0 Å². The van der Waals surface area contributed by atoms with Crippen molar-refractivity contribution in [1.82, 2.24) is 5.32 Å². The smallest absolute Gasteiger partial charge is 0.0613 e. The van der Waals surface area contributed by atoms with Gasteiger partial charge in [-0.2, -0.15) is 0 Å². The standard InChI is InChI=1S/C10H19NO/c12-8-10(5-2-6-10)11-7-9-3-1-4-9/h9,11-12H,1-8H2. The molecule has 2 nitrogen and oxygen atoms in total. The van der Waals surface area contributed by atoms with Gasteiger partial charge in [0.05, 0.1) is 6.61 Å². The fourth-order valence-corrected chi connectivity index (χ4v) is 2.05. The third-order valence-corrected chi connectivity index (χ3v) is 3.60. The Bertz CT molecular complexity index is 144. The van der Waals surface area contributed by atoms with Gasteiger partial charge in [-0.15, -0.1) is 0 Å². The van der Waals surface area contributed by atoms with E-state index in [4.69, 9.17) is 0 Å². The van der Waals surface area contributed by atoms with E-state index in [0.717, 1.165) is 12.5 Å². The number of hydrogen-bond acceptors (Lipinski definition) is 2. The molecule has 2 fully saturated rings. The zero-order chi connectivity index (χ0) is 8.44. The van der Waals surface area contributed by atoms with Gasteiger partial charge in [0, 0.05) is 5.54 Å². The molecule has 12 heavy (non-hydrogen) atoms. The van der Waals surface area contributed by atoms with Crippen molar-refractivity contribution in [3.63, 3.8) is 0 Å². The van der Waals surface area contributed by atoms with E-state index in [1.807, 2.05) is 0 Å². The van der Waals surface area contributed by atoms with E-state index in [0.29, 0.717) is 6.61 Å². The number of nitrogens with one attached hydrogen (secondary N) is 1. The summed E-state index contributed by atoms with van der Waals surface area (Å²) in [5.74, 6) is 0.911. The van der Waals surface area contributed by atoms with Crippen LogP contribution in [-0.2, 0) is 0 Å². The molecule has 0 aromatic carbocycles.